The molecule has 4 amide bonds. The number of fused-ring (bicyclic) bond motifs is 6. The Morgan fingerprint density at radius 1 is 0.417 bits per heavy atom. The van der Waals surface area contributed by atoms with E-state index in [1.807, 2.05) is 25.1 Å². The highest BCUT2D eigenvalue weighted by molar-refractivity contribution is 7.22. The minimum Gasteiger partial charge on any atom is -0.507 e. The van der Waals surface area contributed by atoms with E-state index in [9.17, 15) is 48.6 Å². The van der Waals surface area contributed by atoms with Gasteiger partial charge < -0.3 is 10.2 Å². The number of hydrogen-bond donors (Lipinski definition) is 2. The number of rotatable bonds is 6. The van der Waals surface area contributed by atoms with Gasteiger partial charge in [-0.15, -0.1) is 22.7 Å². The molecule has 0 saturated heterocycles. The summed E-state index contributed by atoms with van der Waals surface area (Å²) in [6.45, 7) is 1.97. The van der Waals surface area contributed by atoms with Crippen LogP contribution in [0.2, 0.25) is 0 Å². The van der Waals surface area contributed by atoms with Crippen LogP contribution in [-0.4, -0.2) is 52.9 Å². The Labute approximate surface area is 410 Å². The van der Waals surface area contributed by atoms with E-state index in [0.717, 1.165) is 34.7 Å². The van der Waals surface area contributed by atoms with Crippen LogP contribution in [0.15, 0.2) is 141 Å². The molecule has 2 N–H and O–H groups in total. The zero-order valence-corrected chi connectivity index (χ0v) is 38.8. The van der Waals surface area contributed by atoms with E-state index in [0.29, 0.717) is 36.9 Å². The number of hydrogen-bond acceptors (Lipinski definition) is 14. The van der Waals surface area contributed by atoms with E-state index in [-0.39, 0.29) is 77.9 Å². The second-order valence-electron chi connectivity index (χ2n) is 17.5. The molecule has 72 heavy (non-hydrogen) atoms. The van der Waals surface area contributed by atoms with Crippen molar-refractivity contribution < 1.29 is 29.4 Å². The number of phenolic OH excluding ortho intramolecular Hbond substituents is 2. The van der Waals surface area contributed by atoms with Crippen molar-refractivity contribution in [2.24, 2.45) is 7.05 Å². The van der Waals surface area contributed by atoms with Crippen molar-refractivity contribution in [2.75, 3.05) is 9.80 Å². The molecule has 6 heterocycles. The summed E-state index contributed by atoms with van der Waals surface area (Å²) in [6.07, 6.45) is 0. The minimum atomic E-state index is -0.723. The molecule has 346 valence electrons. The van der Waals surface area contributed by atoms with Crippen molar-refractivity contribution in [3.05, 3.63) is 191 Å². The molecule has 0 unspecified atom stereocenters. The van der Waals surface area contributed by atoms with E-state index < -0.39 is 45.9 Å². The van der Waals surface area contributed by atoms with Gasteiger partial charge in [-0.25, -0.2) is 24.3 Å². The lowest BCUT2D eigenvalue weighted by Gasteiger charge is -2.15. The summed E-state index contributed by atoms with van der Waals surface area (Å²) in [7, 11) is 1.32. The van der Waals surface area contributed by atoms with Gasteiger partial charge in [0.15, 0.2) is 0 Å². The van der Waals surface area contributed by atoms with Crippen LogP contribution in [0.3, 0.4) is 0 Å². The number of aryl methyl sites for hydroxylation is 1. The number of amides is 4. The lowest BCUT2D eigenvalue weighted by atomic mass is 9.97. The highest BCUT2D eigenvalue weighted by Gasteiger charge is 2.39. The molecule has 11 aromatic rings. The molecule has 7 aromatic carbocycles. The minimum absolute atomic E-state index is 0.0255. The summed E-state index contributed by atoms with van der Waals surface area (Å²) in [6, 6.07) is 31.6. The monoisotopic (exact) mass is 984 g/mol. The van der Waals surface area contributed by atoms with E-state index in [2.05, 4.69) is 4.98 Å². The first-order valence-electron chi connectivity index (χ1n) is 22.0. The Morgan fingerprint density at radius 2 is 0.833 bits per heavy atom. The van der Waals surface area contributed by atoms with Gasteiger partial charge in [0.25, 0.3) is 45.9 Å². The molecule has 0 radical (unpaired) electrons. The molecule has 0 fully saturated rings. The normalized spacial score (nSPS) is 13.5. The lowest BCUT2D eigenvalue weighted by Crippen LogP contribution is -2.29. The van der Waals surface area contributed by atoms with Gasteiger partial charge >= 0.3 is 0 Å². The third-order valence-electron chi connectivity index (χ3n) is 13.3. The molecule has 16 nitrogen and oxygen atoms in total. The molecule has 18 heteroatoms. The van der Waals surface area contributed by atoms with Gasteiger partial charge in [0.1, 0.15) is 21.5 Å². The molecule has 4 aromatic heterocycles. The molecule has 0 spiro atoms. The van der Waals surface area contributed by atoms with Crippen LogP contribution in [0.5, 0.6) is 11.5 Å². The number of aromatic nitrogens is 4. The largest absolute Gasteiger partial charge is 0.507 e. The second-order valence-corrected chi connectivity index (χ2v) is 19.6. The Kier molecular flexibility index (Phi) is 8.86. The summed E-state index contributed by atoms with van der Waals surface area (Å²) in [4.78, 5) is 119. The van der Waals surface area contributed by atoms with Gasteiger partial charge in [0.05, 0.1) is 92.4 Å². The Morgan fingerprint density at radius 3 is 1.36 bits per heavy atom. The molecular weight excluding hydrogens is 957 g/mol. The molecule has 2 aliphatic heterocycles. The Hall–Kier alpha value is -9.52. The smallest absolute Gasteiger partial charge is 0.266 e. The fourth-order valence-corrected chi connectivity index (χ4v) is 11.6. The summed E-state index contributed by atoms with van der Waals surface area (Å²) in [5.41, 5.74) is 2.50. The molecule has 0 bridgehead atoms. The van der Waals surface area contributed by atoms with Crippen LogP contribution in [0.4, 0.5) is 11.4 Å². The highest BCUT2D eigenvalue weighted by Crippen LogP contribution is 2.42. The number of carbonyl (C=O) groups is 4. The average Bonchev–Trinajstić information content (AvgIpc) is 4.19. The first-order chi connectivity index (χ1) is 34.6. The predicted molar refractivity (Wildman–Crippen MR) is 273 cm³/mol. The quantitative estimate of drug-likeness (QED) is 0.152. The topological polar surface area (TPSA) is 219 Å². The maximum Gasteiger partial charge on any atom is 0.266 e. The third-order valence-corrected chi connectivity index (χ3v) is 15.5. The highest BCUT2D eigenvalue weighted by atomic mass is 32.1. The van der Waals surface area contributed by atoms with E-state index in [1.54, 1.807) is 54.6 Å². The van der Waals surface area contributed by atoms with Gasteiger partial charge in [-0.2, -0.15) is 0 Å². The van der Waals surface area contributed by atoms with Crippen LogP contribution in [0, 0.1) is 6.92 Å². The zero-order valence-electron chi connectivity index (χ0n) is 37.2. The lowest BCUT2D eigenvalue weighted by molar-refractivity contribution is 0.0910. The molecule has 0 aliphatic carbocycles. The van der Waals surface area contributed by atoms with Gasteiger partial charge in [-0.1, -0.05) is 18.2 Å². The van der Waals surface area contributed by atoms with Gasteiger partial charge in [0, 0.05) is 19.2 Å². The SMILES string of the molecule is Cc1ccc2sc(-c3ccc(N4C(=O)c5ccc(-c6ccc7c(c6)C(=O)N(c6ccc8sc(-c9ccc(-n%10c(=O)c%11cc%12c(=O)n(C)c(=O)c%12cc%11c%10=O)cc9O)nc8c6)C7=O)cc5C4=O)cc3O)nc2c1. The first-order valence-corrected chi connectivity index (χ1v) is 23.7. The number of thiazole rings is 2. The molecular formula is C54H28N6O10S2. The van der Waals surface area contributed by atoms with Crippen molar-refractivity contribution in [1.82, 2.24) is 19.1 Å². The predicted octanol–water partition coefficient (Wildman–Crippen LogP) is 7.98. The van der Waals surface area contributed by atoms with Crippen molar-refractivity contribution in [2.45, 2.75) is 6.92 Å². The summed E-state index contributed by atoms with van der Waals surface area (Å²) in [5.74, 6) is -2.75. The van der Waals surface area contributed by atoms with Crippen LogP contribution in [0.25, 0.3) is 79.9 Å². The first kappa shape index (κ1) is 42.6. The van der Waals surface area contributed by atoms with Crippen LogP contribution < -0.4 is 32.0 Å². The number of benzene rings is 7. The maximum atomic E-state index is 14.1. The Bertz CT molecular complexity index is 4530. The fourth-order valence-electron chi connectivity index (χ4n) is 9.64. The molecule has 2 aliphatic rings. The van der Waals surface area contributed by atoms with E-state index in [4.69, 9.17) is 4.98 Å². The zero-order chi connectivity index (χ0) is 49.8. The summed E-state index contributed by atoms with van der Waals surface area (Å²) in [5, 5.41) is 23.3. The van der Waals surface area contributed by atoms with Crippen molar-refractivity contribution in [1.29, 1.82) is 0 Å². The average molecular weight is 985 g/mol. The number of carbonyl (C=O) groups excluding carboxylic acids is 4. The number of phenols is 2. The summed E-state index contributed by atoms with van der Waals surface area (Å²) >= 11 is 2.64. The Balaban J connectivity index is 0.754. The second kappa shape index (κ2) is 15.0. The fraction of sp³-hybridized carbons (Fsp3) is 0.0370. The van der Waals surface area contributed by atoms with Crippen molar-refractivity contribution in [3.63, 3.8) is 0 Å². The van der Waals surface area contributed by atoms with Crippen molar-refractivity contribution in [3.8, 4) is 49.5 Å². The number of nitrogens with zero attached hydrogens (tertiary/aromatic N) is 6. The molecule has 13 rings (SSSR count). The maximum absolute atomic E-state index is 14.1. The van der Waals surface area contributed by atoms with Gasteiger partial charge in [0.2, 0.25) is 0 Å². The molecule has 0 saturated carbocycles. The standard InChI is InChI=1S/C54H28N6O10S2/c1-23-3-13-43-39(15-23)55-45(71-43)31-11-6-27(19-41(31)61)59-50(66)30-10-5-25(17-34(30)52(59)68)24-4-9-29-33(16-24)51(67)58(49(29)65)26-8-14-44-40(18-26)56-46(72-44)32-12-7-28(20-42(32)62)60-53(69)37-21-35-36(22-38(37)54(60)70)48(64)57(2)47(35)63/h3-22,61-62H,1-2H3. The van der Waals surface area contributed by atoms with Crippen LogP contribution in [0.1, 0.15) is 47.0 Å². The number of aromatic hydroxyl groups is 2. The number of anilines is 2. The van der Waals surface area contributed by atoms with E-state index >= 15 is 0 Å². The third kappa shape index (κ3) is 6.02. The summed E-state index contributed by atoms with van der Waals surface area (Å²) < 4.78 is 3.39. The van der Waals surface area contributed by atoms with Crippen molar-refractivity contribution >= 4 is 99.7 Å². The van der Waals surface area contributed by atoms with Gasteiger partial charge in [-0.05, 0) is 115 Å². The van der Waals surface area contributed by atoms with E-state index in [1.165, 1.54) is 78.3 Å². The van der Waals surface area contributed by atoms with Crippen LogP contribution in [-0.2, 0) is 7.05 Å². The van der Waals surface area contributed by atoms with Crippen LogP contribution >= 0.6 is 22.7 Å². The number of imide groups is 2. The van der Waals surface area contributed by atoms with Gasteiger partial charge in [-0.3, -0.25) is 42.9 Å². The molecule has 0 atom stereocenters.